The molecule has 1 aromatic heterocycles. The summed E-state index contributed by atoms with van der Waals surface area (Å²) in [5.74, 6) is 0.874. The van der Waals surface area contributed by atoms with Crippen molar-refractivity contribution >= 4 is 27.2 Å². The molecular formula is C18H21N3O3S. The Hall–Kier alpha value is -2.41. The van der Waals surface area contributed by atoms with Gasteiger partial charge in [0.15, 0.2) is 9.84 Å². The standard InChI is InChI=1S/C18H21N3O3S/c1-13-4-2-3-5-14(13)10-18(22)21-15-6-7-17(19-11-15)20-16-8-9-25(23,24)12-16/h2-7,11,16H,8-10,12H2,1H3,(H,19,20)(H,21,22). The second-order valence-corrected chi connectivity index (χ2v) is 8.56. The van der Waals surface area contributed by atoms with Crippen molar-refractivity contribution in [3.63, 3.8) is 0 Å². The van der Waals surface area contributed by atoms with Crippen molar-refractivity contribution in [3.8, 4) is 0 Å². The number of benzene rings is 1. The molecule has 132 valence electrons. The van der Waals surface area contributed by atoms with Crippen LogP contribution in [-0.2, 0) is 21.1 Å². The Morgan fingerprint density at radius 1 is 1.24 bits per heavy atom. The van der Waals surface area contributed by atoms with Gasteiger partial charge in [0.2, 0.25) is 5.91 Å². The largest absolute Gasteiger partial charge is 0.366 e. The van der Waals surface area contributed by atoms with Crippen LogP contribution in [0.2, 0.25) is 0 Å². The summed E-state index contributed by atoms with van der Waals surface area (Å²) in [6.45, 7) is 1.98. The Morgan fingerprint density at radius 2 is 2.04 bits per heavy atom. The van der Waals surface area contributed by atoms with E-state index in [1.807, 2.05) is 31.2 Å². The molecule has 1 unspecified atom stereocenters. The van der Waals surface area contributed by atoms with Crippen molar-refractivity contribution < 1.29 is 13.2 Å². The number of aryl methyl sites for hydroxylation is 1. The SMILES string of the molecule is Cc1ccccc1CC(=O)Nc1ccc(NC2CCS(=O)(=O)C2)nc1. The van der Waals surface area contributed by atoms with Gasteiger partial charge < -0.3 is 10.6 Å². The average Bonchev–Trinajstić information content (AvgIpc) is 2.90. The molecule has 0 saturated carbocycles. The van der Waals surface area contributed by atoms with Crippen LogP contribution >= 0.6 is 0 Å². The molecule has 1 aromatic carbocycles. The summed E-state index contributed by atoms with van der Waals surface area (Å²) in [4.78, 5) is 16.4. The molecule has 1 saturated heterocycles. The Morgan fingerprint density at radius 3 is 2.68 bits per heavy atom. The fourth-order valence-electron chi connectivity index (χ4n) is 2.86. The third-order valence-electron chi connectivity index (χ3n) is 4.24. The van der Waals surface area contributed by atoms with Crippen LogP contribution in [0.1, 0.15) is 17.5 Å². The summed E-state index contributed by atoms with van der Waals surface area (Å²) in [7, 11) is -2.92. The number of nitrogens with zero attached hydrogens (tertiary/aromatic N) is 1. The minimum absolute atomic E-state index is 0.0982. The summed E-state index contributed by atoms with van der Waals surface area (Å²) in [6, 6.07) is 11.2. The number of carbonyl (C=O) groups is 1. The van der Waals surface area contributed by atoms with E-state index >= 15 is 0 Å². The third-order valence-corrected chi connectivity index (χ3v) is 6.01. The van der Waals surface area contributed by atoms with Crippen LogP contribution in [0, 0.1) is 6.92 Å². The molecule has 1 atom stereocenters. The maximum atomic E-state index is 12.1. The Balaban J connectivity index is 1.55. The maximum Gasteiger partial charge on any atom is 0.228 e. The lowest BCUT2D eigenvalue weighted by molar-refractivity contribution is -0.115. The molecule has 3 rings (SSSR count). The highest BCUT2D eigenvalue weighted by Gasteiger charge is 2.27. The van der Waals surface area contributed by atoms with Gasteiger partial charge in [0.25, 0.3) is 0 Å². The van der Waals surface area contributed by atoms with Crippen molar-refractivity contribution in [1.82, 2.24) is 4.98 Å². The Kier molecular flexibility index (Phi) is 5.03. The van der Waals surface area contributed by atoms with E-state index in [1.54, 1.807) is 18.3 Å². The number of aromatic nitrogens is 1. The van der Waals surface area contributed by atoms with Crippen molar-refractivity contribution in [1.29, 1.82) is 0 Å². The second kappa shape index (κ2) is 7.23. The fraction of sp³-hybridized carbons (Fsp3) is 0.333. The number of anilines is 2. The van der Waals surface area contributed by atoms with Crippen LogP contribution in [-0.4, -0.2) is 36.9 Å². The molecule has 0 bridgehead atoms. The van der Waals surface area contributed by atoms with E-state index in [2.05, 4.69) is 15.6 Å². The summed E-state index contributed by atoms with van der Waals surface area (Å²) < 4.78 is 22.9. The lowest BCUT2D eigenvalue weighted by Crippen LogP contribution is -2.21. The number of pyridine rings is 1. The molecule has 1 fully saturated rings. The molecule has 2 heterocycles. The van der Waals surface area contributed by atoms with Crippen molar-refractivity contribution in [2.24, 2.45) is 0 Å². The van der Waals surface area contributed by atoms with E-state index in [0.717, 1.165) is 11.1 Å². The Labute approximate surface area is 147 Å². The minimum Gasteiger partial charge on any atom is -0.366 e. The van der Waals surface area contributed by atoms with E-state index in [0.29, 0.717) is 24.3 Å². The van der Waals surface area contributed by atoms with E-state index in [-0.39, 0.29) is 23.5 Å². The fourth-order valence-corrected chi connectivity index (χ4v) is 4.53. The maximum absolute atomic E-state index is 12.1. The highest BCUT2D eigenvalue weighted by Crippen LogP contribution is 2.17. The molecule has 25 heavy (non-hydrogen) atoms. The molecule has 2 aromatic rings. The molecule has 1 aliphatic rings. The lowest BCUT2D eigenvalue weighted by atomic mass is 10.1. The van der Waals surface area contributed by atoms with E-state index in [1.165, 1.54) is 0 Å². The molecule has 0 spiro atoms. The van der Waals surface area contributed by atoms with Crippen LogP contribution in [0.3, 0.4) is 0 Å². The van der Waals surface area contributed by atoms with Gasteiger partial charge in [-0.3, -0.25) is 4.79 Å². The summed E-state index contributed by atoms with van der Waals surface area (Å²) in [6.07, 6.45) is 2.48. The minimum atomic E-state index is -2.92. The predicted octanol–water partition coefficient (Wildman–Crippen LogP) is 2.17. The topological polar surface area (TPSA) is 88.2 Å². The van der Waals surface area contributed by atoms with Crippen molar-refractivity contribution in [2.45, 2.75) is 25.8 Å². The smallest absolute Gasteiger partial charge is 0.228 e. The summed E-state index contributed by atoms with van der Waals surface area (Å²) >= 11 is 0. The number of hydrogen-bond donors (Lipinski definition) is 2. The first-order chi connectivity index (χ1) is 11.9. The summed E-state index contributed by atoms with van der Waals surface area (Å²) in [5, 5.41) is 5.95. The predicted molar refractivity (Wildman–Crippen MR) is 98.4 cm³/mol. The molecule has 1 aliphatic heterocycles. The number of amides is 1. The van der Waals surface area contributed by atoms with Gasteiger partial charge in [0.05, 0.1) is 29.8 Å². The van der Waals surface area contributed by atoms with Crippen molar-refractivity contribution in [2.75, 3.05) is 22.1 Å². The van der Waals surface area contributed by atoms with Gasteiger partial charge in [0, 0.05) is 6.04 Å². The molecule has 0 aliphatic carbocycles. The number of sulfone groups is 1. The molecule has 2 N–H and O–H groups in total. The first-order valence-corrected chi connectivity index (χ1v) is 10.0. The van der Waals surface area contributed by atoms with Gasteiger partial charge in [-0.05, 0) is 36.6 Å². The molecule has 6 nitrogen and oxygen atoms in total. The Bertz CT molecular complexity index is 863. The number of rotatable bonds is 5. The van der Waals surface area contributed by atoms with Crippen LogP contribution < -0.4 is 10.6 Å². The molecule has 7 heteroatoms. The third kappa shape index (κ3) is 4.79. The van der Waals surface area contributed by atoms with E-state index < -0.39 is 9.84 Å². The van der Waals surface area contributed by atoms with Crippen LogP contribution in [0.5, 0.6) is 0 Å². The second-order valence-electron chi connectivity index (χ2n) is 6.33. The quantitative estimate of drug-likeness (QED) is 0.854. The normalized spacial score (nSPS) is 18.7. The van der Waals surface area contributed by atoms with Gasteiger partial charge >= 0.3 is 0 Å². The zero-order chi connectivity index (χ0) is 17.9. The van der Waals surface area contributed by atoms with Gasteiger partial charge in [0.1, 0.15) is 5.82 Å². The summed E-state index contributed by atoms with van der Waals surface area (Å²) in [5.41, 5.74) is 2.69. The molecule has 1 amide bonds. The number of hydrogen-bond acceptors (Lipinski definition) is 5. The van der Waals surface area contributed by atoms with Crippen LogP contribution in [0.25, 0.3) is 0 Å². The zero-order valence-corrected chi connectivity index (χ0v) is 14.8. The highest BCUT2D eigenvalue weighted by atomic mass is 32.2. The number of nitrogens with one attached hydrogen (secondary N) is 2. The monoisotopic (exact) mass is 359 g/mol. The molecular weight excluding hydrogens is 338 g/mol. The first kappa shape index (κ1) is 17.4. The lowest BCUT2D eigenvalue weighted by Gasteiger charge is -2.12. The molecule has 0 radical (unpaired) electrons. The van der Waals surface area contributed by atoms with Gasteiger partial charge in [-0.25, -0.2) is 13.4 Å². The van der Waals surface area contributed by atoms with Crippen molar-refractivity contribution in [3.05, 3.63) is 53.7 Å². The highest BCUT2D eigenvalue weighted by molar-refractivity contribution is 7.91. The van der Waals surface area contributed by atoms with Gasteiger partial charge in [-0.1, -0.05) is 24.3 Å². The van der Waals surface area contributed by atoms with Gasteiger partial charge in [-0.15, -0.1) is 0 Å². The van der Waals surface area contributed by atoms with E-state index in [9.17, 15) is 13.2 Å². The van der Waals surface area contributed by atoms with Crippen LogP contribution in [0.15, 0.2) is 42.6 Å². The average molecular weight is 359 g/mol. The first-order valence-electron chi connectivity index (χ1n) is 8.19. The van der Waals surface area contributed by atoms with E-state index in [4.69, 9.17) is 0 Å². The number of carbonyl (C=O) groups excluding carboxylic acids is 1. The van der Waals surface area contributed by atoms with Gasteiger partial charge in [-0.2, -0.15) is 0 Å². The zero-order valence-electron chi connectivity index (χ0n) is 14.0. The van der Waals surface area contributed by atoms with Crippen LogP contribution in [0.4, 0.5) is 11.5 Å².